The highest BCUT2D eigenvalue weighted by molar-refractivity contribution is 5.25. The molecule has 2 fully saturated rings. The van der Waals surface area contributed by atoms with Crippen molar-refractivity contribution in [2.75, 3.05) is 0 Å². The molecule has 0 aliphatic heterocycles. The molecular weight excluding hydrogens is 192 g/mol. The molecule has 0 N–H and O–H groups in total. The summed E-state index contributed by atoms with van der Waals surface area (Å²) >= 11 is 0. The molecule has 0 saturated heterocycles. The van der Waals surface area contributed by atoms with Gasteiger partial charge in [-0.1, -0.05) is 37.3 Å². The third kappa shape index (κ3) is 1.85. The molecule has 16 heavy (non-hydrogen) atoms. The van der Waals surface area contributed by atoms with Crippen LogP contribution in [0.4, 0.5) is 0 Å². The molecule has 0 heterocycles. The fourth-order valence-corrected chi connectivity index (χ4v) is 4.61. The van der Waals surface area contributed by atoms with Crippen molar-refractivity contribution in [2.24, 2.45) is 17.8 Å². The van der Waals surface area contributed by atoms with Crippen LogP contribution in [0.3, 0.4) is 0 Å². The van der Waals surface area contributed by atoms with Crippen LogP contribution in [-0.4, -0.2) is 0 Å². The van der Waals surface area contributed by atoms with Crippen molar-refractivity contribution < 1.29 is 0 Å². The van der Waals surface area contributed by atoms with E-state index in [1.165, 1.54) is 64.2 Å². The third-order valence-electron chi connectivity index (χ3n) is 5.46. The van der Waals surface area contributed by atoms with Crippen LogP contribution in [0.2, 0.25) is 0 Å². The quantitative estimate of drug-likeness (QED) is 0.538. The van der Waals surface area contributed by atoms with Gasteiger partial charge in [-0.3, -0.25) is 0 Å². The second-order valence-corrected chi connectivity index (χ2v) is 6.40. The Bertz CT molecular complexity index is 286. The maximum Gasteiger partial charge on any atom is -0.0175 e. The molecule has 2 saturated carbocycles. The summed E-state index contributed by atoms with van der Waals surface area (Å²) in [5.74, 6) is 3.00. The van der Waals surface area contributed by atoms with Gasteiger partial charge in [0.05, 0.1) is 0 Å². The lowest BCUT2D eigenvalue weighted by molar-refractivity contribution is 0.358. The summed E-state index contributed by atoms with van der Waals surface area (Å²) in [7, 11) is 0. The van der Waals surface area contributed by atoms with Crippen LogP contribution in [0.15, 0.2) is 11.1 Å². The number of fused-ring (bicyclic) bond motifs is 1. The van der Waals surface area contributed by atoms with Crippen LogP contribution < -0.4 is 0 Å². The SMILES string of the molecule is CC1CCCC1C1=C2CCCCC2CCC1. The molecule has 3 aliphatic rings. The molecule has 0 aromatic heterocycles. The van der Waals surface area contributed by atoms with Crippen molar-refractivity contribution >= 4 is 0 Å². The highest BCUT2D eigenvalue weighted by Crippen LogP contribution is 2.47. The largest absolute Gasteiger partial charge is 0.0676 e. The molecule has 3 aliphatic carbocycles. The van der Waals surface area contributed by atoms with Gasteiger partial charge in [0.2, 0.25) is 0 Å². The molecular formula is C16H26. The fourth-order valence-electron chi connectivity index (χ4n) is 4.61. The highest BCUT2D eigenvalue weighted by Gasteiger charge is 2.33. The molecule has 0 radical (unpaired) electrons. The zero-order valence-corrected chi connectivity index (χ0v) is 10.8. The Morgan fingerprint density at radius 2 is 1.56 bits per heavy atom. The number of hydrogen-bond acceptors (Lipinski definition) is 0. The minimum atomic E-state index is 0.989. The van der Waals surface area contributed by atoms with Crippen molar-refractivity contribution in [1.82, 2.24) is 0 Å². The Labute approximate surface area is 101 Å². The first-order valence-electron chi connectivity index (χ1n) is 7.58. The molecule has 3 rings (SSSR count). The molecule has 0 aromatic carbocycles. The second kappa shape index (κ2) is 4.55. The lowest BCUT2D eigenvalue weighted by Crippen LogP contribution is -2.21. The first kappa shape index (κ1) is 10.9. The van der Waals surface area contributed by atoms with E-state index in [1.807, 2.05) is 11.1 Å². The van der Waals surface area contributed by atoms with E-state index < -0.39 is 0 Å². The Morgan fingerprint density at radius 1 is 0.750 bits per heavy atom. The monoisotopic (exact) mass is 218 g/mol. The van der Waals surface area contributed by atoms with Gasteiger partial charge in [-0.25, -0.2) is 0 Å². The zero-order chi connectivity index (χ0) is 11.0. The summed E-state index contributed by atoms with van der Waals surface area (Å²) < 4.78 is 0. The molecule has 0 nitrogen and oxygen atoms in total. The summed E-state index contributed by atoms with van der Waals surface area (Å²) in [5.41, 5.74) is 3.91. The first-order chi connectivity index (χ1) is 7.86. The van der Waals surface area contributed by atoms with E-state index in [9.17, 15) is 0 Å². The van der Waals surface area contributed by atoms with Crippen molar-refractivity contribution in [1.29, 1.82) is 0 Å². The Kier molecular flexibility index (Phi) is 3.09. The van der Waals surface area contributed by atoms with E-state index in [4.69, 9.17) is 0 Å². The molecule has 0 aromatic rings. The smallest absolute Gasteiger partial charge is 0.0175 e. The average Bonchev–Trinajstić information content (AvgIpc) is 2.75. The maximum absolute atomic E-state index is 2.50. The molecule has 3 atom stereocenters. The average molecular weight is 218 g/mol. The van der Waals surface area contributed by atoms with Crippen LogP contribution >= 0.6 is 0 Å². The lowest BCUT2D eigenvalue weighted by Gasteiger charge is -2.36. The van der Waals surface area contributed by atoms with Gasteiger partial charge in [0.15, 0.2) is 0 Å². The Hall–Kier alpha value is -0.260. The van der Waals surface area contributed by atoms with Gasteiger partial charge in [0.1, 0.15) is 0 Å². The summed E-state index contributed by atoms with van der Waals surface area (Å²) in [5, 5.41) is 0. The summed E-state index contributed by atoms with van der Waals surface area (Å²) in [6, 6.07) is 0. The zero-order valence-electron chi connectivity index (χ0n) is 10.8. The van der Waals surface area contributed by atoms with Gasteiger partial charge < -0.3 is 0 Å². The predicted octanol–water partition coefficient (Wildman–Crippen LogP) is 5.09. The third-order valence-corrected chi connectivity index (χ3v) is 5.46. The van der Waals surface area contributed by atoms with Crippen LogP contribution in [0, 0.1) is 17.8 Å². The summed E-state index contributed by atoms with van der Waals surface area (Å²) in [6.45, 7) is 2.50. The highest BCUT2D eigenvalue weighted by atomic mass is 14.4. The van der Waals surface area contributed by atoms with Gasteiger partial charge in [0, 0.05) is 0 Å². The maximum atomic E-state index is 2.50. The van der Waals surface area contributed by atoms with Gasteiger partial charge in [-0.2, -0.15) is 0 Å². The Morgan fingerprint density at radius 3 is 2.38 bits per heavy atom. The van der Waals surface area contributed by atoms with Crippen LogP contribution in [0.5, 0.6) is 0 Å². The summed E-state index contributed by atoms with van der Waals surface area (Å²) in [6.07, 6.45) is 14.9. The van der Waals surface area contributed by atoms with E-state index in [1.54, 1.807) is 0 Å². The molecule has 3 unspecified atom stereocenters. The predicted molar refractivity (Wildman–Crippen MR) is 69.3 cm³/mol. The van der Waals surface area contributed by atoms with E-state index in [-0.39, 0.29) is 0 Å². The van der Waals surface area contributed by atoms with Crippen LogP contribution in [-0.2, 0) is 0 Å². The van der Waals surface area contributed by atoms with E-state index in [0.29, 0.717) is 0 Å². The van der Waals surface area contributed by atoms with Gasteiger partial charge in [-0.15, -0.1) is 0 Å². The normalized spacial score (nSPS) is 39.9. The number of hydrogen-bond donors (Lipinski definition) is 0. The van der Waals surface area contributed by atoms with Gasteiger partial charge >= 0.3 is 0 Å². The van der Waals surface area contributed by atoms with Crippen molar-refractivity contribution in [3.8, 4) is 0 Å². The standard InChI is InChI=1S/C16H26/c1-12-6-4-10-14(12)16-11-5-8-13-7-2-3-9-15(13)16/h12-14H,2-11H2,1H3. The minimum Gasteiger partial charge on any atom is -0.0676 e. The van der Waals surface area contributed by atoms with Crippen LogP contribution in [0.25, 0.3) is 0 Å². The first-order valence-corrected chi connectivity index (χ1v) is 7.58. The second-order valence-electron chi connectivity index (χ2n) is 6.40. The van der Waals surface area contributed by atoms with E-state index in [0.717, 1.165) is 17.8 Å². The number of rotatable bonds is 1. The topological polar surface area (TPSA) is 0 Å². The van der Waals surface area contributed by atoms with Gasteiger partial charge in [-0.05, 0) is 62.7 Å². The molecule has 90 valence electrons. The van der Waals surface area contributed by atoms with E-state index >= 15 is 0 Å². The molecule has 0 heteroatoms. The fraction of sp³-hybridized carbons (Fsp3) is 0.875. The van der Waals surface area contributed by atoms with Crippen molar-refractivity contribution in [3.63, 3.8) is 0 Å². The van der Waals surface area contributed by atoms with Crippen molar-refractivity contribution in [2.45, 2.75) is 71.1 Å². The molecule has 0 amide bonds. The molecule has 0 spiro atoms. The number of allylic oxidation sites excluding steroid dienone is 2. The lowest BCUT2D eigenvalue weighted by atomic mass is 9.70. The van der Waals surface area contributed by atoms with E-state index in [2.05, 4.69) is 6.92 Å². The summed E-state index contributed by atoms with van der Waals surface area (Å²) in [4.78, 5) is 0. The van der Waals surface area contributed by atoms with Crippen LogP contribution in [0.1, 0.15) is 71.1 Å². The molecule has 0 bridgehead atoms. The minimum absolute atomic E-state index is 0.989. The van der Waals surface area contributed by atoms with Crippen molar-refractivity contribution in [3.05, 3.63) is 11.1 Å². The Balaban J connectivity index is 1.87. The van der Waals surface area contributed by atoms with Gasteiger partial charge in [0.25, 0.3) is 0 Å².